The third kappa shape index (κ3) is 5.22. The molecule has 1 heterocycles. The van der Waals surface area contributed by atoms with Gasteiger partial charge in [0.25, 0.3) is 0 Å². The lowest BCUT2D eigenvalue weighted by atomic mass is 9.84. The zero-order valence-corrected chi connectivity index (χ0v) is 12.4. The van der Waals surface area contributed by atoms with Gasteiger partial charge >= 0.3 is 0 Å². The van der Waals surface area contributed by atoms with Crippen LogP contribution in [0.3, 0.4) is 0 Å². The summed E-state index contributed by atoms with van der Waals surface area (Å²) < 4.78 is 5.47. The molecule has 0 aromatic rings. The molecule has 108 valence electrons. The number of aliphatic hydroxyl groups excluding tert-OH is 1. The Morgan fingerprint density at radius 1 is 1.44 bits per heavy atom. The van der Waals surface area contributed by atoms with Crippen LogP contribution < -0.4 is 5.32 Å². The highest BCUT2D eigenvalue weighted by atomic mass is 16.5. The number of hydrogen-bond acceptors (Lipinski definition) is 4. The molecule has 4 heteroatoms. The molecule has 1 saturated heterocycles. The predicted octanol–water partition coefficient (Wildman–Crippen LogP) is 1.09. The lowest BCUT2D eigenvalue weighted by molar-refractivity contribution is -0.0539. The molecule has 2 unspecified atom stereocenters. The van der Waals surface area contributed by atoms with Crippen molar-refractivity contribution in [2.75, 3.05) is 39.4 Å². The topological polar surface area (TPSA) is 44.7 Å². The second kappa shape index (κ2) is 7.43. The van der Waals surface area contributed by atoms with Crippen LogP contribution in [0.15, 0.2) is 0 Å². The van der Waals surface area contributed by atoms with Crippen LogP contribution in [0.2, 0.25) is 0 Å². The Labute approximate surface area is 112 Å². The minimum absolute atomic E-state index is 0.00553. The highest BCUT2D eigenvalue weighted by Gasteiger charge is 2.25. The monoisotopic (exact) mass is 258 g/mol. The van der Waals surface area contributed by atoms with Gasteiger partial charge in [-0.2, -0.15) is 0 Å². The smallest absolute Gasteiger partial charge is 0.0932 e. The van der Waals surface area contributed by atoms with Gasteiger partial charge in [-0.3, -0.25) is 4.90 Å². The number of rotatable bonds is 6. The molecule has 0 spiro atoms. The maximum atomic E-state index is 9.14. The van der Waals surface area contributed by atoms with Crippen molar-refractivity contribution in [1.82, 2.24) is 10.2 Å². The van der Waals surface area contributed by atoms with Crippen molar-refractivity contribution in [3.8, 4) is 0 Å². The van der Waals surface area contributed by atoms with Crippen LogP contribution in [0.4, 0.5) is 0 Å². The fourth-order valence-corrected chi connectivity index (χ4v) is 2.49. The predicted molar refractivity (Wildman–Crippen MR) is 74.8 cm³/mol. The number of morpholine rings is 1. The third-order valence-electron chi connectivity index (χ3n) is 3.66. The molecular weight excluding hydrogens is 228 g/mol. The van der Waals surface area contributed by atoms with Crippen molar-refractivity contribution < 1.29 is 9.84 Å². The number of ether oxygens (including phenoxy) is 1. The van der Waals surface area contributed by atoms with Gasteiger partial charge in [-0.15, -0.1) is 0 Å². The van der Waals surface area contributed by atoms with Crippen molar-refractivity contribution in [2.24, 2.45) is 5.41 Å². The van der Waals surface area contributed by atoms with Crippen LogP contribution in [0.5, 0.6) is 0 Å². The Kier molecular flexibility index (Phi) is 6.57. The van der Waals surface area contributed by atoms with E-state index in [1.54, 1.807) is 0 Å². The van der Waals surface area contributed by atoms with Crippen molar-refractivity contribution >= 4 is 0 Å². The number of nitrogens with zero attached hydrogens (tertiary/aromatic N) is 1. The highest BCUT2D eigenvalue weighted by molar-refractivity contribution is 4.82. The van der Waals surface area contributed by atoms with Gasteiger partial charge in [0.05, 0.1) is 19.3 Å². The zero-order chi connectivity index (χ0) is 13.6. The van der Waals surface area contributed by atoms with Crippen molar-refractivity contribution in [1.29, 1.82) is 0 Å². The molecule has 1 fully saturated rings. The quantitative estimate of drug-likeness (QED) is 0.749. The van der Waals surface area contributed by atoms with Crippen LogP contribution in [0.1, 0.15) is 34.1 Å². The first-order chi connectivity index (χ1) is 8.47. The highest BCUT2D eigenvalue weighted by Crippen LogP contribution is 2.22. The fourth-order valence-electron chi connectivity index (χ4n) is 2.49. The molecule has 1 aliphatic heterocycles. The molecule has 18 heavy (non-hydrogen) atoms. The van der Waals surface area contributed by atoms with Gasteiger partial charge in [0, 0.05) is 19.1 Å². The van der Waals surface area contributed by atoms with Gasteiger partial charge in [-0.25, -0.2) is 0 Å². The van der Waals surface area contributed by atoms with E-state index in [-0.39, 0.29) is 12.7 Å². The molecular formula is C14H30N2O2. The lowest BCUT2D eigenvalue weighted by Crippen LogP contribution is -2.47. The van der Waals surface area contributed by atoms with Crippen LogP contribution in [0.25, 0.3) is 0 Å². The summed E-state index contributed by atoms with van der Waals surface area (Å²) in [5, 5.41) is 12.7. The Morgan fingerprint density at radius 2 is 2.17 bits per heavy atom. The van der Waals surface area contributed by atoms with Crippen molar-refractivity contribution in [3.05, 3.63) is 0 Å². The standard InChI is InChI=1S/C14H30N2O2/c1-5-15-13(14(2,3)4)6-7-16-8-9-18-12(10-16)11-17/h12-13,15,17H,5-11H2,1-4H3. The molecule has 1 aliphatic rings. The Balaban J connectivity index is 2.37. The van der Waals surface area contributed by atoms with Gasteiger partial charge in [0.2, 0.25) is 0 Å². The van der Waals surface area contributed by atoms with E-state index in [0.717, 1.165) is 39.2 Å². The van der Waals surface area contributed by atoms with E-state index in [0.29, 0.717) is 11.5 Å². The maximum Gasteiger partial charge on any atom is 0.0932 e. The summed E-state index contributed by atoms with van der Waals surface area (Å²) in [4.78, 5) is 2.40. The second-order valence-electron chi connectivity index (χ2n) is 6.24. The third-order valence-corrected chi connectivity index (χ3v) is 3.66. The van der Waals surface area contributed by atoms with Gasteiger partial charge in [-0.05, 0) is 24.9 Å². The first kappa shape index (κ1) is 15.9. The summed E-state index contributed by atoms with van der Waals surface area (Å²) in [7, 11) is 0. The van der Waals surface area contributed by atoms with Crippen molar-refractivity contribution in [2.45, 2.75) is 46.3 Å². The minimum Gasteiger partial charge on any atom is -0.394 e. The molecule has 2 atom stereocenters. The molecule has 0 radical (unpaired) electrons. The van der Waals surface area contributed by atoms with E-state index in [4.69, 9.17) is 9.84 Å². The van der Waals surface area contributed by atoms with E-state index in [1.807, 2.05) is 0 Å². The van der Waals surface area contributed by atoms with Crippen molar-refractivity contribution in [3.63, 3.8) is 0 Å². The van der Waals surface area contributed by atoms with E-state index in [2.05, 4.69) is 37.9 Å². The number of aliphatic hydroxyl groups is 1. The van der Waals surface area contributed by atoms with Crippen LogP contribution >= 0.6 is 0 Å². The molecule has 2 N–H and O–H groups in total. The largest absolute Gasteiger partial charge is 0.394 e. The summed E-state index contributed by atoms with van der Waals surface area (Å²) in [5.74, 6) is 0. The van der Waals surface area contributed by atoms with Crippen LogP contribution in [0, 0.1) is 5.41 Å². The molecule has 0 aromatic heterocycles. The van der Waals surface area contributed by atoms with E-state index < -0.39 is 0 Å². The maximum absolute atomic E-state index is 9.14. The Hall–Kier alpha value is -0.160. The first-order valence-electron chi connectivity index (χ1n) is 7.15. The summed E-state index contributed by atoms with van der Waals surface area (Å²) in [5.41, 5.74) is 0.290. The molecule has 0 aliphatic carbocycles. The van der Waals surface area contributed by atoms with Crippen LogP contribution in [-0.4, -0.2) is 61.5 Å². The summed E-state index contributed by atoms with van der Waals surface area (Å²) in [6, 6.07) is 0.540. The van der Waals surface area contributed by atoms with Gasteiger partial charge in [0.1, 0.15) is 0 Å². The lowest BCUT2D eigenvalue weighted by Gasteiger charge is -2.36. The normalized spacial score (nSPS) is 24.2. The Bertz CT molecular complexity index is 228. The average Bonchev–Trinajstić information content (AvgIpc) is 2.33. The molecule has 0 amide bonds. The Morgan fingerprint density at radius 3 is 2.72 bits per heavy atom. The summed E-state index contributed by atoms with van der Waals surface area (Å²) in [6.07, 6.45) is 1.15. The van der Waals surface area contributed by atoms with E-state index in [9.17, 15) is 0 Å². The average molecular weight is 258 g/mol. The second-order valence-corrected chi connectivity index (χ2v) is 6.24. The van der Waals surface area contributed by atoms with Crippen LogP contribution in [-0.2, 0) is 4.74 Å². The van der Waals surface area contributed by atoms with Gasteiger partial charge in [0.15, 0.2) is 0 Å². The first-order valence-corrected chi connectivity index (χ1v) is 7.15. The molecule has 0 bridgehead atoms. The van der Waals surface area contributed by atoms with Gasteiger partial charge in [-0.1, -0.05) is 27.7 Å². The van der Waals surface area contributed by atoms with E-state index >= 15 is 0 Å². The molecule has 0 aromatic carbocycles. The summed E-state index contributed by atoms with van der Waals surface area (Å²) in [6.45, 7) is 13.8. The molecule has 0 saturated carbocycles. The van der Waals surface area contributed by atoms with E-state index in [1.165, 1.54) is 0 Å². The molecule has 4 nitrogen and oxygen atoms in total. The minimum atomic E-state index is 0.00553. The fraction of sp³-hybridized carbons (Fsp3) is 1.00. The number of hydrogen-bond donors (Lipinski definition) is 2. The zero-order valence-electron chi connectivity index (χ0n) is 12.4. The summed E-state index contributed by atoms with van der Waals surface area (Å²) >= 11 is 0. The van der Waals surface area contributed by atoms with Gasteiger partial charge < -0.3 is 15.2 Å². The number of nitrogens with one attached hydrogen (secondary N) is 1. The SMILES string of the molecule is CCNC(CCN1CCOC(CO)C1)C(C)(C)C. The molecule has 1 rings (SSSR count).